The molecule has 2 aromatic rings. The lowest BCUT2D eigenvalue weighted by Gasteiger charge is -1.75. The zero-order valence-electron chi connectivity index (χ0n) is 5.30. The van der Waals surface area contributed by atoms with Crippen LogP contribution in [-0.2, 0) is 0 Å². The number of aromatic amines is 1. The van der Waals surface area contributed by atoms with Crippen LogP contribution in [-0.4, -0.2) is 5.16 Å². The number of thiophene rings is 1. The number of aromatic nitrogens is 1. The third kappa shape index (κ3) is 0.565. The highest BCUT2D eigenvalue weighted by Gasteiger charge is 2.05. The first kappa shape index (κ1) is 5.73. The van der Waals surface area contributed by atoms with Crippen LogP contribution in [0.3, 0.4) is 0 Å². The van der Waals surface area contributed by atoms with Gasteiger partial charge in [-0.15, -0.1) is 11.3 Å². The van der Waals surface area contributed by atoms with Gasteiger partial charge in [-0.3, -0.25) is 0 Å². The topological polar surface area (TPSA) is 46.0 Å². The molecule has 0 saturated heterocycles. The molecule has 0 aliphatic carbocycles. The summed E-state index contributed by atoms with van der Waals surface area (Å²) in [7, 11) is 0. The fraction of sp³-hybridized carbons (Fsp3) is 0.167. The molecule has 0 atom stereocenters. The van der Waals surface area contributed by atoms with Crippen LogP contribution in [0, 0.1) is 6.92 Å². The molecule has 0 spiro atoms. The predicted octanol–water partition coefficient (Wildman–Crippen LogP) is 1.49. The van der Waals surface area contributed by atoms with Crippen LogP contribution >= 0.6 is 11.3 Å². The fourth-order valence-electron chi connectivity index (χ4n) is 0.865. The van der Waals surface area contributed by atoms with Gasteiger partial charge in [-0.05, 0) is 17.9 Å². The Balaban J connectivity index is 3.09. The molecule has 10 heavy (non-hydrogen) atoms. The second kappa shape index (κ2) is 1.73. The molecule has 52 valence electrons. The van der Waals surface area contributed by atoms with Crippen LogP contribution in [0.4, 0.5) is 0 Å². The Labute approximate surface area is 60.2 Å². The molecule has 2 rings (SSSR count). The molecule has 0 bridgehead atoms. The van der Waals surface area contributed by atoms with Crippen molar-refractivity contribution in [3.8, 4) is 0 Å². The summed E-state index contributed by atoms with van der Waals surface area (Å²) < 4.78 is 5.24. The van der Waals surface area contributed by atoms with Gasteiger partial charge in [0.1, 0.15) is 10.2 Å². The normalized spacial score (nSPS) is 10.9. The van der Waals surface area contributed by atoms with Gasteiger partial charge in [0.05, 0.1) is 0 Å². The van der Waals surface area contributed by atoms with Crippen LogP contribution in [0.25, 0.3) is 10.2 Å². The van der Waals surface area contributed by atoms with E-state index in [4.69, 9.17) is 0 Å². The number of hydrogen-bond donors (Lipinski definition) is 1. The number of hydrogen-bond acceptors (Lipinski definition) is 3. The highest BCUT2D eigenvalue weighted by atomic mass is 32.1. The van der Waals surface area contributed by atoms with Crippen molar-refractivity contribution in [3.63, 3.8) is 0 Å². The maximum absolute atomic E-state index is 10.8. The van der Waals surface area contributed by atoms with Gasteiger partial charge in [0.15, 0.2) is 0 Å². The number of rotatable bonds is 0. The summed E-state index contributed by atoms with van der Waals surface area (Å²) in [6.45, 7) is 1.93. The molecule has 0 unspecified atom stereocenters. The molecule has 4 heteroatoms. The van der Waals surface area contributed by atoms with Crippen molar-refractivity contribution in [1.82, 2.24) is 5.16 Å². The van der Waals surface area contributed by atoms with Crippen molar-refractivity contribution in [3.05, 3.63) is 21.4 Å². The number of nitrogens with one attached hydrogen (secondary N) is 1. The second-order valence-electron chi connectivity index (χ2n) is 2.11. The Bertz CT molecular complexity index is 408. The summed E-state index contributed by atoms with van der Waals surface area (Å²) >= 11 is 1.41. The molecule has 1 N–H and O–H groups in total. The van der Waals surface area contributed by atoms with Crippen LogP contribution < -0.4 is 5.63 Å². The van der Waals surface area contributed by atoms with E-state index in [1.807, 2.05) is 12.3 Å². The molecule has 0 fully saturated rings. The predicted molar refractivity (Wildman–Crippen MR) is 39.4 cm³/mol. The molecule has 2 aromatic heterocycles. The Morgan fingerprint density at radius 1 is 1.70 bits per heavy atom. The first-order valence-corrected chi connectivity index (χ1v) is 3.72. The van der Waals surface area contributed by atoms with E-state index in [1.54, 1.807) is 0 Å². The molecule has 0 amide bonds. The van der Waals surface area contributed by atoms with E-state index in [0.717, 1.165) is 11.1 Å². The summed E-state index contributed by atoms with van der Waals surface area (Å²) in [6, 6.07) is 0. The van der Waals surface area contributed by atoms with Crippen LogP contribution in [0.5, 0.6) is 0 Å². The average Bonchev–Trinajstić information content (AvgIpc) is 2.41. The van der Waals surface area contributed by atoms with E-state index in [1.165, 1.54) is 11.3 Å². The summed E-state index contributed by atoms with van der Waals surface area (Å²) in [6.07, 6.45) is 0. The second-order valence-corrected chi connectivity index (χ2v) is 2.99. The molecular weight excluding hydrogens is 150 g/mol. The summed E-state index contributed by atoms with van der Waals surface area (Å²) in [4.78, 5) is 10.8. The van der Waals surface area contributed by atoms with Gasteiger partial charge in [-0.2, -0.15) is 0 Å². The molecule has 0 aliphatic rings. The molecule has 3 nitrogen and oxygen atoms in total. The van der Waals surface area contributed by atoms with E-state index in [0.29, 0.717) is 4.70 Å². The smallest absolute Gasteiger partial charge is 0.337 e. The summed E-state index contributed by atoms with van der Waals surface area (Å²) in [5.41, 5.74) is 1.62. The van der Waals surface area contributed by atoms with Gasteiger partial charge in [0.2, 0.25) is 0 Å². The monoisotopic (exact) mass is 155 g/mol. The van der Waals surface area contributed by atoms with Crippen LogP contribution in [0.1, 0.15) is 5.56 Å². The van der Waals surface area contributed by atoms with E-state index < -0.39 is 0 Å². The third-order valence-electron chi connectivity index (χ3n) is 1.41. The Morgan fingerprint density at radius 2 is 2.50 bits per heavy atom. The van der Waals surface area contributed by atoms with Gasteiger partial charge in [-0.25, -0.2) is 9.95 Å². The fourth-order valence-corrected chi connectivity index (χ4v) is 1.74. The van der Waals surface area contributed by atoms with Crippen LogP contribution in [0.2, 0.25) is 0 Å². The largest absolute Gasteiger partial charge is 0.374 e. The maximum Gasteiger partial charge on any atom is 0.374 e. The van der Waals surface area contributed by atoms with Crippen LogP contribution in [0.15, 0.2) is 14.7 Å². The molecule has 0 radical (unpaired) electrons. The lowest BCUT2D eigenvalue weighted by molar-refractivity contribution is 0.399. The van der Waals surface area contributed by atoms with Crippen molar-refractivity contribution in [1.29, 1.82) is 0 Å². The van der Waals surface area contributed by atoms with Gasteiger partial charge < -0.3 is 4.52 Å². The van der Waals surface area contributed by atoms with Crippen molar-refractivity contribution in [2.45, 2.75) is 6.92 Å². The average molecular weight is 155 g/mol. The standard InChI is InChI=1S/C6H5NO2S/c1-3-2-10-5-4(3)7-9-6(5)8/h2,7H,1H3. The number of aryl methyl sites for hydroxylation is 1. The van der Waals surface area contributed by atoms with E-state index in [-0.39, 0.29) is 5.63 Å². The molecular formula is C6H5NO2S. The lowest BCUT2D eigenvalue weighted by Crippen LogP contribution is -1.86. The third-order valence-corrected chi connectivity index (χ3v) is 2.48. The van der Waals surface area contributed by atoms with E-state index in [9.17, 15) is 4.79 Å². The number of fused-ring (bicyclic) bond motifs is 1. The first-order chi connectivity index (χ1) is 4.79. The highest BCUT2D eigenvalue weighted by molar-refractivity contribution is 7.17. The highest BCUT2D eigenvalue weighted by Crippen LogP contribution is 2.19. The molecule has 0 aromatic carbocycles. The summed E-state index contributed by atoms with van der Waals surface area (Å²) in [5.74, 6) is 0. The lowest BCUT2D eigenvalue weighted by atomic mass is 10.3. The minimum absolute atomic E-state index is 0.270. The molecule has 0 aliphatic heterocycles. The van der Waals surface area contributed by atoms with Crippen molar-refractivity contribution in [2.24, 2.45) is 0 Å². The minimum Gasteiger partial charge on any atom is -0.337 e. The maximum atomic E-state index is 10.8. The Kier molecular flexibility index (Phi) is 0.990. The Hall–Kier alpha value is -1.03. The molecule has 2 heterocycles. The molecule has 0 saturated carbocycles. The van der Waals surface area contributed by atoms with Gasteiger partial charge in [0.25, 0.3) is 0 Å². The van der Waals surface area contributed by atoms with Gasteiger partial charge in [0, 0.05) is 0 Å². The van der Waals surface area contributed by atoms with Gasteiger partial charge in [-0.1, -0.05) is 0 Å². The Morgan fingerprint density at radius 3 is 3.20 bits per heavy atom. The zero-order chi connectivity index (χ0) is 7.14. The van der Waals surface area contributed by atoms with Crippen molar-refractivity contribution < 1.29 is 4.52 Å². The van der Waals surface area contributed by atoms with E-state index in [2.05, 4.69) is 9.68 Å². The minimum atomic E-state index is -0.270. The zero-order valence-corrected chi connectivity index (χ0v) is 6.12. The van der Waals surface area contributed by atoms with Crippen molar-refractivity contribution >= 4 is 21.6 Å². The number of H-pyrrole nitrogens is 1. The quantitative estimate of drug-likeness (QED) is 0.626. The summed E-state index contributed by atoms with van der Waals surface area (Å²) in [5, 5.41) is 4.49. The SMILES string of the molecule is Cc1csc2c(=O)o[nH]c12. The van der Waals surface area contributed by atoms with E-state index >= 15 is 0 Å². The first-order valence-electron chi connectivity index (χ1n) is 2.84. The van der Waals surface area contributed by atoms with Crippen molar-refractivity contribution in [2.75, 3.05) is 0 Å². The van der Waals surface area contributed by atoms with Gasteiger partial charge >= 0.3 is 5.63 Å².